The van der Waals surface area contributed by atoms with Gasteiger partial charge in [-0.15, -0.1) is 0 Å². The predicted molar refractivity (Wildman–Crippen MR) is 89.4 cm³/mol. The monoisotopic (exact) mass is 303 g/mol. The molecule has 0 bridgehead atoms. The first-order chi connectivity index (χ1) is 10.5. The molecule has 22 heavy (non-hydrogen) atoms. The van der Waals surface area contributed by atoms with E-state index in [1.54, 1.807) is 11.0 Å². The van der Waals surface area contributed by atoms with Gasteiger partial charge in [0.15, 0.2) is 0 Å². The molecule has 5 nitrogen and oxygen atoms in total. The molecule has 120 valence electrons. The molecule has 1 aromatic rings. The highest BCUT2D eigenvalue weighted by Gasteiger charge is 2.29. The van der Waals surface area contributed by atoms with Gasteiger partial charge in [-0.1, -0.05) is 0 Å². The Labute approximate surface area is 132 Å². The number of nitrogens with one attached hydrogen (secondary N) is 1. The lowest BCUT2D eigenvalue weighted by Gasteiger charge is -2.23. The second-order valence-corrected chi connectivity index (χ2v) is 5.87. The van der Waals surface area contributed by atoms with Gasteiger partial charge in [0.25, 0.3) is 5.91 Å². The summed E-state index contributed by atoms with van der Waals surface area (Å²) in [5.41, 5.74) is 2.18. The van der Waals surface area contributed by atoms with E-state index in [2.05, 4.69) is 5.32 Å². The van der Waals surface area contributed by atoms with Crippen molar-refractivity contribution in [1.29, 1.82) is 0 Å². The minimum atomic E-state index is -0.00350. The van der Waals surface area contributed by atoms with Gasteiger partial charge >= 0.3 is 0 Å². The molecule has 1 aliphatic carbocycles. The van der Waals surface area contributed by atoms with Crippen molar-refractivity contribution in [2.24, 2.45) is 5.92 Å². The highest BCUT2D eigenvalue weighted by molar-refractivity contribution is 6.02. The summed E-state index contributed by atoms with van der Waals surface area (Å²) in [7, 11) is 3.83. The summed E-state index contributed by atoms with van der Waals surface area (Å²) in [6.45, 7) is 5.27. The topological polar surface area (TPSA) is 52.7 Å². The van der Waals surface area contributed by atoms with E-state index in [9.17, 15) is 9.59 Å². The summed E-state index contributed by atoms with van der Waals surface area (Å²) in [6, 6.07) is 5.53. The molecule has 1 aliphatic rings. The van der Waals surface area contributed by atoms with Gasteiger partial charge in [-0.3, -0.25) is 9.59 Å². The maximum absolute atomic E-state index is 12.7. The molecule has 5 heteroatoms. The van der Waals surface area contributed by atoms with Crippen LogP contribution in [0.4, 0.5) is 11.4 Å². The molecule has 0 radical (unpaired) electrons. The first-order valence-electron chi connectivity index (χ1n) is 7.89. The Morgan fingerprint density at radius 2 is 1.82 bits per heavy atom. The molecule has 1 fully saturated rings. The number of amides is 2. The minimum absolute atomic E-state index is 0.00350. The number of hydrogen-bond acceptors (Lipinski definition) is 3. The zero-order valence-electron chi connectivity index (χ0n) is 13.8. The molecule has 2 rings (SSSR count). The molecule has 1 aromatic carbocycles. The van der Waals surface area contributed by atoms with E-state index in [1.807, 2.05) is 45.0 Å². The Balaban J connectivity index is 2.30. The Hall–Kier alpha value is -2.04. The van der Waals surface area contributed by atoms with Gasteiger partial charge in [0.1, 0.15) is 0 Å². The van der Waals surface area contributed by atoms with Crippen molar-refractivity contribution in [3.63, 3.8) is 0 Å². The van der Waals surface area contributed by atoms with Crippen molar-refractivity contribution in [1.82, 2.24) is 4.90 Å². The van der Waals surface area contributed by atoms with Gasteiger partial charge in [0.05, 0.1) is 5.56 Å². The van der Waals surface area contributed by atoms with Crippen LogP contribution < -0.4 is 10.2 Å². The third-order valence-electron chi connectivity index (χ3n) is 3.98. The van der Waals surface area contributed by atoms with E-state index in [1.165, 1.54) is 0 Å². The van der Waals surface area contributed by atoms with Gasteiger partial charge in [-0.2, -0.15) is 0 Å². The van der Waals surface area contributed by atoms with Crippen LogP contribution in [0.1, 0.15) is 37.0 Å². The van der Waals surface area contributed by atoms with Gasteiger partial charge in [0.2, 0.25) is 5.91 Å². The van der Waals surface area contributed by atoms with E-state index < -0.39 is 0 Å². The molecule has 0 heterocycles. The number of benzene rings is 1. The summed E-state index contributed by atoms with van der Waals surface area (Å²) in [4.78, 5) is 28.3. The van der Waals surface area contributed by atoms with Crippen LogP contribution in [-0.4, -0.2) is 43.9 Å². The first kappa shape index (κ1) is 16.3. The van der Waals surface area contributed by atoms with Crippen molar-refractivity contribution < 1.29 is 9.59 Å². The van der Waals surface area contributed by atoms with Crippen LogP contribution >= 0.6 is 0 Å². The second-order valence-electron chi connectivity index (χ2n) is 5.87. The number of hydrogen-bond donors (Lipinski definition) is 1. The van der Waals surface area contributed by atoms with Crippen LogP contribution in [0.3, 0.4) is 0 Å². The average Bonchev–Trinajstić information content (AvgIpc) is 3.32. The van der Waals surface area contributed by atoms with Crippen molar-refractivity contribution in [2.75, 3.05) is 37.4 Å². The lowest BCUT2D eigenvalue weighted by atomic mass is 10.1. The summed E-state index contributed by atoms with van der Waals surface area (Å²) in [5, 5.41) is 2.91. The van der Waals surface area contributed by atoms with Crippen LogP contribution in [0.2, 0.25) is 0 Å². The number of carbonyl (C=O) groups excluding carboxylic acids is 2. The maximum Gasteiger partial charge on any atom is 0.256 e. The van der Waals surface area contributed by atoms with E-state index in [0.717, 1.165) is 18.5 Å². The first-order valence-corrected chi connectivity index (χ1v) is 7.89. The van der Waals surface area contributed by atoms with Crippen LogP contribution in [0.25, 0.3) is 0 Å². The fraction of sp³-hybridized carbons (Fsp3) is 0.529. The second kappa shape index (κ2) is 6.81. The summed E-state index contributed by atoms with van der Waals surface area (Å²) in [6.07, 6.45) is 1.93. The van der Waals surface area contributed by atoms with Gasteiger partial charge < -0.3 is 15.1 Å². The molecule has 0 atom stereocenters. The molecular formula is C17H25N3O2. The number of carbonyl (C=O) groups is 2. The molecule has 0 aliphatic heterocycles. The molecule has 0 spiro atoms. The average molecular weight is 303 g/mol. The fourth-order valence-electron chi connectivity index (χ4n) is 2.45. The zero-order chi connectivity index (χ0) is 16.3. The third-order valence-corrected chi connectivity index (χ3v) is 3.98. The summed E-state index contributed by atoms with van der Waals surface area (Å²) in [5.74, 6) is 0.200. The normalized spacial score (nSPS) is 13.6. The minimum Gasteiger partial charge on any atom is -0.377 e. The maximum atomic E-state index is 12.7. The van der Waals surface area contributed by atoms with Gasteiger partial charge in [-0.25, -0.2) is 0 Å². The SMILES string of the molecule is CCN(CC)C(=O)c1cc(NC(=O)C2CC2)ccc1N(C)C. The lowest BCUT2D eigenvalue weighted by Crippen LogP contribution is -2.31. The highest BCUT2D eigenvalue weighted by atomic mass is 16.2. The zero-order valence-corrected chi connectivity index (χ0v) is 13.8. The van der Waals surface area contributed by atoms with E-state index in [0.29, 0.717) is 24.3 Å². The molecule has 0 aromatic heterocycles. The Morgan fingerprint density at radius 3 is 2.32 bits per heavy atom. The standard InChI is InChI=1S/C17H25N3O2/c1-5-20(6-2)17(22)14-11-13(9-10-15(14)19(3)4)18-16(21)12-7-8-12/h9-12H,5-8H2,1-4H3,(H,18,21). The third kappa shape index (κ3) is 3.59. The van der Waals surface area contributed by atoms with E-state index in [-0.39, 0.29) is 17.7 Å². The van der Waals surface area contributed by atoms with Gasteiger partial charge in [0, 0.05) is 44.5 Å². The molecular weight excluding hydrogens is 278 g/mol. The molecule has 0 saturated heterocycles. The van der Waals surface area contributed by atoms with E-state index in [4.69, 9.17) is 0 Å². The van der Waals surface area contributed by atoms with Crippen molar-refractivity contribution in [3.8, 4) is 0 Å². The molecule has 0 unspecified atom stereocenters. The van der Waals surface area contributed by atoms with Crippen LogP contribution in [0, 0.1) is 5.92 Å². The molecule has 2 amide bonds. The quantitative estimate of drug-likeness (QED) is 0.879. The van der Waals surface area contributed by atoms with Crippen LogP contribution in [0.5, 0.6) is 0 Å². The summed E-state index contributed by atoms with van der Waals surface area (Å²) >= 11 is 0. The molecule has 1 N–H and O–H groups in total. The molecule has 1 saturated carbocycles. The largest absolute Gasteiger partial charge is 0.377 e. The van der Waals surface area contributed by atoms with Crippen molar-refractivity contribution >= 4 is 23.2 Å². The highest BCUT2D eigenvalue weighted by Crippen LogP contribution is 2.31. The van der Waals surface area contributed by atoms with E-state index >= 15 is 0 Å². The number of rotatable bonds is 6. The number of anilines is 2. The Kier molecular flexibility index (Phi) is 5.06. The number of nitrogens with zero attached hydrogens (tertiary/aromatic N) is 2. The lowest BCUT2D eigenvalue weighted by molar-refractivity contribution is -0.117. The summed E-state index contributed by atoms with van der Waals surface area (Å²) < 4.78 is 0. The Morgan fingerprint density at radius 1 is 1.18 bits per heavy atom. The Bertz CT molecular complexity index is 561. The van der Waals surface area contributed by atoms with Crippen molar-refractivity contribution in [2.45, 2.75) is 26.7 Å². The van der Waals surface area contributed by atoms with Crippen LogP contribution in [0.15, 0.2) is 18.2 Å². The predicted octanol–water partition coefficient (Wildman–Crippen LogP) is 2.58. The fourth-order valence-corrected chi connectivity index (χ4v) is 2.45. The van der Waals surface area contributed by atoms with Crippen LogP contribution in [-0.2, 0) is 4.79 Å². The van der Waals surface area contributed by atoms with Gasteiger partial charge in [-0.05, 0) is 44.9 Å². The smallest absolute Gasteiger partial charge is 0.256 e. The van der Waals surface area contributed by atoms with Crippen molar-refractivity contribution in [3.05, 3.63) is 23.8 Å².